The first-order valence-electron chi connectivity index (χ1n) is 10.1. The Morgan fingerprint density at radius 3 is 2.48 bits per heavy atom. The van der Waals surface area contributed by atoms with Crippen LogP contribution in [-0.4, -0.2) is 6.29 Å². The second-order valence-corrected chi connectivity index (χ2v) is 9.77. The molecule has 0 heterocycles. The maximum absolute atomic E-state index is 11.3. The Kier molecular flexibility index (Phi) is 3.78. The van der Waals surface area contributed by atoms with Gasteiger partial charge in [0.1, 0.15) is 6.29 Å². The third kappa shape index (κ3) is 2.14. The van der Waals surface area contributed by atoms with Crippen molar-refractivity contribution in [2.45, 2.75) is 78.1 Å². The summed E-state index contributed by atoms with van der Waals surface area (Å²) in [7, 11) is 0. The summed E-state index contributed by atoms with van der Waals surface area (Å²) in [6.07, 6.45) is 15.2. The molecule has 128 valence electrons. The Labute approximate surface area is 142 Å². The number of carbonyl (C=O) groups excluding carboxylic acids is 1. The highest BCUT2D eigenvalue weighted by atomic mass is 16.1. The van der Waals surface area contributed by atoms with Crippen molar-refractivity contribution in [2.24, 2.45) is 40.4 Å². The van der Waals surface area contributed by atoms with Crippen LogP contribution in [0.2, 0.25) is 0 Å². The number of carbonyl (C=O) groups is 1. The Balaban J connectivity index is 1.62. The lowest BCUT2D eigenvalue weighted by molar-refractivity contribution is -0.112. The molecule has 4 saturated carbocycles. The van der Waals surface area contributed by atoms with Crippen LogP contribution in [0.5, 0.6) is 0 Å². The zero-order chi connectivity index (χ0) is 16.2. The van der Waals surface area contributed by atoms with E-state index in [0.29, 0.717) is 16.7 Å². The third-order valence-electron chi connectivity index (χ3n) is 9.18. The smallest absolute Gasteiger partial charge is 0.145 e. The van der Waals surface area contributed by atoms with Gasteiger partial charge in [0.05, 0.1) is 0 Å². The van der Waals surface area contributed by atoms with Crippen LogP contribution in [-0.2, 0) is 4.79 Å². The zero-order valence-corrected chi connectivity index (χ0v) is 15.2. The van der Waals surface area contributed by atoms with E-state index in [1.807, 2.05) is 0 Å². The number of hydrogen-bond donors (Lipinski definition) is 0. The predicted octanol–water partition coefficient (Wildman–Crippen LogP) is 5.79. The lowest BCUT2D eigenvalue weighted by Crippen LogP contribution is -2.52. The number of hydrogen-bond acceptors (Lipinski definition) is 1. The van der Waals surface area contributed by atoms with Gasteiger partial charge >= 0.3 is 0 Å². The van der Waals surface area contributed by atoms with Crippen molar-refractivity contribution >= 4 is 6.29 Å². The molecule has 1 heteroatoms. The highest BCUT2D eigenvalue weighted by Gasteiger charge is 2.59. The Morgan fingerprint density at radius 1 is 0.913 bits per heavy atom. The second-order valence-electron chi connectivity index (χ2n) is 9.77. The maximum atomic E-state index is 11.3. The predicted molar refractivity (Wildman–Crippen MR) is 95.0 cm³/mol. The largest absolute Gasteiger partial charge is 0.298 e. The first kappa shape index (κ1) is 15.9. The van der Waals surface area contributed by atoms with Crippen LogP contribution in [0.1, 0.15) is 78.1 Å². The quantitative estimate of drug-likeness (QED) is 0.465. The van der Waals surface area contributed by atoms with E-state index in [1.165, 1.54) is 64.2 Å². The summed E-state index contributed by atoms with van der Waals surface area (Å²) in [5.41, 5.74) is 1.87. The molecule has 0 aromatic carbocycles. The first-order chi connectivity index (χ1) is 11.0. The van der Waals surface area contributed by atoms with E-state index in [4.69, 9.17) is 0 Å². The van der Waals surface area contributed by atoms with Crippen LogP contribution < -0.4 is 0 Å². The average Bonchev–Trinajstić information content (AvgIpc) is 2.91. The molecule has 0 bridgehead atoms. The van der Waals surface area contributed by atoms with Gasteiger partial charge in [-0.2, -0.15) is 0 Å². The Morgan fingerprint density at radius 2 is 1.70 bits per heavy atom. The molecule has 0 aromatic rings. The molecule has 0 spiro atoms. The van der Waals surface area contributed by atoms with E-state index in [-0.39, 0.29) is 0 Å². The summed E-state index contributed by atoms with van der Waals surface area (Å²) in [6.45, 7) is 9.25. The van der Waals surface area contributed by atoms with Crippen molar-refractivity contribution in [1.29, 1.82) is 0 Å². The molecule has 7 atom stereocenters. The zero-order valence-electron chi connectivity index (χ0n) is 15.2. The maximum Gasteiger partial charge on any atom is 0.145 e. The summed E-state index contributed by atoms with van der Waals surface area (Å²) < 4.78 is 0. The first-order valence-corrected chi connectivity index (χ1v) is 10.1. The van der Waals surface area contributed by atoms with E-state index in [1.54, 1.807) is 0 Å². The Hall–Kier alpha value is -0.590. The average molecular weight is 315 g/mol. The van der Waals surface area contributed by atoms with Gasteiger partial charge in [0.15, 0.2) is 0 Å². The van der Waals surface area contributed by atoms with Crippen LogP contribution in [0.3, 0.4) is 0 Å². The second kappa shape index (κ2) is 5.46. The summed E-state index contributed by atoms with van der Waals surface area (Å²) in [4.78, 5) is 11.3. The molecular formula is C22H34O. The monoisotopic (exact) mass is 314 g/mol. The van der Waals surface area contributed by atoms with E-state index >= 15 is 0 Å². The van der Waals surface area contributed by atoms with E-state index in [2.05, 4.69) is 20.4 Å². The fourth-order valence-corrected chi connectivity index (χ4v) is 7.99. The molecule has 0 saturated heterocycles. The van der Waals surface area contributed by atoms with Crippen LogP contribution in [0.4, 0.5) is 0 Å². The summed E-state index contributed by atoms with van der Waals surface area (Å²) in [5, 5.41) is 0. The van der Waals surface area contributed by atoms with Crippen molar-refractivity contribution in [3.63, 3.8) is 0 Å². The van der Waals surface area contributed by atoms with Crippen LogP contribution in [0.15, 0.2) is 12.2 Å². The fraction of sp³-hybridized carbons (Fsp3) is 0.864. The number of fused-ring (bicyclic) bond motifs is 5. The molecule has 1 unspecified atom stereocenters. The van der Waals surface area contributed by atoms with E-state index in [0.717, 1.165) is 35.5 Å². The minimum absolute atomic E-state index is 0.358. The van der Waals surface area contributed by atoms with Crippen LogP contribution in [0, 0.1) is 40.4 Å². The fourth-order valence-electron chi connectivity index (χ4n) is 7.99. The molecule has 0 amide bonds. The number of aldehydes is 1. The molecule has 4 rings (SSSR count). The van der Waals surface area contributed by atoms with Gasteiger partial charge in [-0.15, -0.1) is 0 Å². The topological polar surface area (TPSA) is 17.1 Å². The van der Waals surface area contributed by atoms with Gasteiger partial charge in [-0.25, -0.2) is 0 Å². The lowest BCUT2D eigenvalue weighted by atomic mass is 9.44. The minimum Gasteiger partial charge on any atom is -0.298 e. The lowest BCUT2D eigenvalue weighted by Gasteiger charge is -2.60. The molecular weight excluding hydrogens is 280 g/mol. The molecule has 0 N–H and O–H groups in total. The van der Waals surface area contributed by atoms with Crippen molar-refractivity contribution in [3.8, 4) is 0 Å². The Bertz CT molecular complexity index is 508. The van der Waals surface area contributed by atoms with E-state index in [9.17, 15) is 4.79 Å². The highest BCUT2D eigenvalue weighted by molar-refractivity contribution is 5.73. The van der Waals surface area contributed by atoms with E-state index < -0.39 is 0 Å². The minimum atomic E-state index is 0.358. The van der Waals surface area contributed by atoms with Gasteiger partial charge in [0.25, 0.3) is 0 Å². The molecule has 1 nitrogen and oxygen atoms in total. The van der Waals surface area contributed by atoms with Gasteiger partial charge in [0.2, 0.25) is 0 Å². The SMILES string of the molecule is C=C(C=O)[C@H]1CC[C@H]2[C@@H]3CCC4CCCC[C@]4(C)[C@H]3CC[C@]12C. The summed E-state index contributed by atoms with van der Waals surface area (Å²) >= 11 is 0. The van der Waals surface area contributed by atoms with Crippen LogP contribution in [0.25, 0.3) is 0 Å². The van der Waals surface area contributed by atoms with Gasteiger partial charge in [0, 0.05) is 0 Å². The van der Waals surface area contributed by atoms with Crippen molar-refractivity contribution < 1.29 is 4.79 Å². The molecule has 4 aliphatic carbocycles. The number of allylic oxidation sites excluding steroid dienone is 1. The van der Waals surface area contributed by atoms with Gasteiger partial charge in [-0.05, 0) is 97.4 Å². The normalized spacial score (nSPS) is 52.2. The molecule has 4 fully saturated rings. The van der Waals surface area contributed by atoms with Crippen molar-refractivity contribution in [1.82, 2.24) is 0 Å². The molecule has 0 aliphatic heterocycles. The van der Waals surface area contributed by atoms with Gasteiger partial charge < -0.3 is 0 Å². The van der Waals surface area contributed by atoms with Gasteiger partial charge in [-0.3, -0.25) is 4.79 Å². The van der Waals surface area contributed by atoms with Crippen LogP contribution >= 0.6 is 0 Å². The van der Waals surface area contributed by atoms with Crippen molar-refractivity contribution in [2.75, 3.05) is 0 Å². The standard InChI is InChI=1S/C22H34O/c1-15(14-23)18-9-10-19-17-8-7-16-6-4-5-12-21(16,2)20(17)11-13-22(18,19)3/h14,16-20H,1,4-13H2,2-3H3/t16?,17-,18+,19-,20-,21-,22+/m0/s1. The molecule has 4 aliphatic rings. The molecule has 0 aromatic heterocycles. The molecule has 0 radical (unpaired) electrons. The summed E-state index contributed by atoms with van der Waals surface area (Å²) in [6, 6.07) is 0. The van der Waals surface area contributed by atoms with Crippen molar-refractivity contribution in [3.05, 3.63) is 12.2 Å². The highest BCUT2D eigenvalue weighted by Crippen LogP contribution is 2.67. The number of rotatable bonds is 2. The summed E-state index contributed by atoms with van der Waals surface area (Å²) in [5.74, 6) is 4.20. The third-order valence-corrected chi connectivity index (χ3v) is 9.18. The molecule has 23 heavy (non-hydrogen) atoms. The van der Waals surface area contributed by atoms with Gasteiger partial charge in [-0.1, -0.05) is 33.3 Å².